The summed E-state index contributed by atoms with van der Waals surface area (Å²) in [5.74, 6) is -0.822. The average molecular weight is 252 g/mol. The van der Waals surface area contributed by atoms with Gasteiger partial charge in [0.25, 0.3) is 0 Å². The van der Waals surface area contributed by atoms with Gasteiger partial charge in [-0.25, -0.2) is 0 Å². The lowest BCUT2D eigenvalue weighted by molar-refractivity contribution is -0.137. The van der Waals surface area contributed by atoms with Crippen LogP contribution < -0.4 is 0 Å². The average Bonchev–Trinajstić information content (AvgIpc) is 2.75. The van der Waals surface area contributed by atoms with Crippen LogP contribution in [0.2, 0.25) is 0 Å². The summed E-state index contributed by atoms with van der Waals surface area (Å²) in [6, 6.07) is 6.26. The predicted octanol–water partition coefficient (Wildman–Crippen LogP) is 2.37. The predicted molar refractivity (Wildman–Crippen MR) is 67.6 cm³/mol. The van der Waals surface area contributed by atoms with Gasteiger partial charge in [0.05, 0.1) is 6.61 Å². The molecule has 0 aromatic heterocycles. The summed E-state index contributed by atoms with van der Waals surface area (Å²) in [6.45, 7) is 0.233. The highest BCUT2D eigenvalue weighted by atomic mass is 32.2. The van der Waals surface area contributed by atoms with E-state index in [0.29, 0.717) is 0 Å². The smallest absolute Gasteiger partial charge is 0.319 e. The third-order valence-corrected chi connectivity index (χ3v) is 4.09. The second-order valence-electron chi connectivity index (χ2n) is 4.18. The molecule has 3 nitrogen and oxygen atoms in total. The molecule has 1 aliphatic rings. The molecule has 0 amide bonds. The normalized spacial score (nSPS) is 15.6. The molecule has 2 rings (SSSR count). The SMILES string of the molecule is COCC(Sc1ccc2c(c1)CCC2)C(=O)O. The Morgan fingerprint density at radius 2 is 2.24 bits per heavy atom. The van der Waals surface area contributed by atoms with Crippen molar-refractivity contribution in [3.05, 3.63) is 29.3 Å². The molecular weight excluding hydrogens is 236 g/mol. The number of hydrogen-bond acceptors (Lipinski definition) is 3. The van der Waals surface area contributed by atoms with E-state index in [1.165, 1.54) is 36.4 Å². The van der Waals surface area contributed by atoms with E-state index in [4.69, 9.17) is 9.84 Å². The van der Waals surface area contributed by atoms with E-state index in [-0.39, 0.29) is 6.61 Å². The second kappa shape index (κ2) is 5.56. The molecule has 1 N–H and O–H groups in total. The number of hydrogen-bond donors (Lipinski definition) is 1. The Balaban J connectivity index is 2.09. The summed E-state index contributed by atoms with van der Waals surface area (Å²) in [6.07, 6.45) is 3.48. The molecule has 0 saturated heterocycles. The van der Waals surface area contributed by atoms with Gasteiger partial charge in [0, 0.05) is 12.0 Å². The number of carboxylic acids is 1. The monoisotopic (exact) mass is 252 g/mol. The molecule has 0 fully saturated rings. The van der Waals surface area contributed by atoms with Gasteiger partial charge in [-0.05, 0) is 42.5 Å². The van der Waals surface area contributed by atoms with Crippen LogP contribution in [0.15, 0.2) is 23.1 Å². The van der Waals surface area contributed by atoms with Crippen molar-refractivity contribution in [3.63, 3.8) is 0 Å². The summed E-state index contributed by atoms with van der Waals surface area (Å²) in [5, 5.41) is 8.53. The lowest BCUT2D eigenvalue weighted by Gasteiger charge is -2.11. The first kappa shape index (κ1) is 12.5. The number of ether oxygens (including phenoxy) is 1. The molecule has 0 heterocycles. The van der Waals surface area contributed by atoms with Crippen molar-refractivity contribution >= 4 is 17.7 Å². The molecule has 1 unspecified atom stereocenters. The van der Waals surface area contributed by atoms with Crippen LogP contribution in [0.4, 0.5) is 0 Å². The lowest BCUT2D eigenvalue weighted by atomic mass is 10.1. The maximum Gasteiger partial charge on any atom is 0.319 e. The molecule has 0 radical (unpaired) electrons. The van der Waals surface area contributed by atoms with Crippen LogP contribution in [0.3, 0.4) is 0 Å². The molecule has 1 aliphatic carbocycles. The van der Waals surface area contributed by atoms with E-state index in [1.54, 1.807) is 0 Å². The Hall–Kier alpha value is -1.00. The van der Waals surface area contributed by atoms with Crippen molar-refractivity contribution in [2.75, 3.05) is 13.7 Å². The summed E-state index contributed by atoms with van der Waals surface area (Å²) >= 11 is 1.36. The van der Waals surface area contributed by atoms with E-state index in [2.05, 4.69) is 12.1 Å². The highest BCUT2D eigenvalue weighted by molar-refractivity contribution is 8.00. The molecule has 1 aromatic carbocycles. The molecule has 92 valence electrons. The number of benzene rings is 1. The quantitative estimate of drug-likeness (QED) is 0.817. The van der Waals surface area contributed by atoms with E-state index < -0.39 is 11.2 Å². The zero-order valence-corrected chi connectivity index (χ0v) is 10.6. The van der Waals surface area contributed by atoms with Gasteiger partial charge in [-0.1, -0.05) is 6.07 Å². The highest BCUT2D eigenvalue weighted by Crippen LogP contribution is 2.30. The van der Waals surface area contributed by atoms with E-state index >= 15 is 0 Å². The van der Waals surface area contributed by atoms with E-state index in [1.807, 2.05) is 6.07 Å². The number of aryl methyl sites for hydroxylation is 2. The van der Waals surface area contributed by atoms with Gasteiger partial charge < -0.3 is 9.84 Å². The molecule has 0 bridgehead atoms. The first-order chi connectivity index (χ1) is 8.20. The van der Waals surface area contributed by atoms with Crippen molar-refractivity contribution in [2.24, 2.45) is 0 Å². The number of thioether (sulfide) groups is 1. The van der Waals surface area contributed by atoms with Gasteiger partial charge in [0.15, 0.2) is 0 Å². The van der Waals surface area contributed by atoms with E-state index in [9.17, 15) is 4.79 Å². The van der Waals surface area contributed by atoms with Crippen LogP contribution >= 0.6 is 11.8 Å². The maximum atomic E-state index is 11.0. The fourth-order valence-electron chi connectivity index (χ4n) is 2.09. The number of rotatable bonds is 5. The van der Waals surface area contributed by atoms with Crippen molar-refractivity contribution < 1.29 is 14.6 Å². The van der Waals surface area contributed by atoms with Crippen LogP contribution in [0.1, 0.15) is 17.5 Å². The fraction of sp³-hybridized carbons (Fsp3) is 0.462. The van der Waals surface area contributed by atoms with Gasteiger partial charge in [0.1, 0.15) is 5.25 Å². The molecule has 0 aliphatic heterocycles. The van der Waals surface area contributed by atoms with Gasteiger partial charge in [-0.3, -0.25) is 4.79 Å². The van der Waals surface area contributed by atoms with Gasteiger partial charge in [-0.15, -0.1) is 11.8 Å². The Morgan fingerprint density at radius 3 is 2.94 bits per heavy atom. The fourth-order valence-corrected chi connectivity index (χ4v) is 3.08. The lowest BCUT2D eigenvalue weighted by Crippen LogP contribution is -2.21. The number of carbonyl (C=O) groups is 1. The third kappa shape index (κ3) is 3.01. The van der Waals surface area contributed by atoms with Crippen molar-refractivity contribution in [1.82, 2.24) is 0 Å². The molecule has 0 saturated carbocycles. The molecule has 1 atom stereocenters. The summed E-state index contributed by atoms with van der Waals surface area (Å²) in [5.41, 5.74) is 2.78. The zero-order chi connectivity index (χ0) is 12.3. The zero-order valence-electron chi connectivity index (χ0n) is 9.81. The number of fused-ring (bicyclic) bond motifs is 1. The number of aliphatic carboxylic acids is 1. The summed E-state index contributed by atoms with van der Waals surface area (Å²) in [4.78, 5) is 12.0. The minimum Gasteiger partial charge on any atom is -0.480 e. The molecule has 17 heavy (non-hydrogen) atoms. The molecule has 4 heteroatoms. The van der Waals surface area contributed by atoms with Gasteiger partial charge in [0.2, 0.25) is 0 Å². The first-order valence-electron chi connectivity index (χ1n) is 5.71. The molecule has 0 spiro atoms. The summed E-state index contributed by atoms with van der Waals surface area (Å²) < 4.78 is 4.93. The maximum absolute atomic E-state index is 11.0. The minimum atomic E-state index is -0.822. The minimum absolute atomic E-state index is 0.233. The van der Waals surface area contributed by atoms with Crippen LogP contribution in [0.25, 0.3) is 0 Å². The van der Waals surface area contributed by atoms with Gasteiger partial charge >= 0.3 is 5.97 Å². The molecule has 1 aromatic rings. The van der Waals surface area contributed by atoms with Crippen LogP contribution in [0.5, 0.6) is 0 Å². The highest BCUT2D eigenvalue weighted by Gasteiger charge is 2.19. The Morgan fingerprint density at radius 1 is 1.47 bits per heavy atom. The van der Waals surface area contributed by atoms with Crippen molar-refractivity contribution in [3.8, 4) is 0 Å². The number of methoxy groups -OCH3 is 1. The third-order valence-electron chi connectivity index (χ3n) is 2.94. The first-order valence-corrected chi connectivity index (χ1v) is 6.59. The standard InChI is InChI=1S/C13H16O3S/c1-16-8-12(13(14)15)17-11-6-5-9-3-2-4-10(9)7-11/h5-7,12H,2-4,8H2,1H3,(H,14,15). The largest absolute Gasteiger partial charge is 0.480 e. The van der Waals surface area contributed by atoms with Gasteiger partial charge in [-0.2, -0.15) is 0 Å². The summed E-state index contributed by atoms with van der Waals surface area (Å²) in [7, 11) is 1.53. The van der Waals surface area contributed by atoms with Crippen LogP contribution in [-0.2, 0) is 22.4 Å². The Bertz CT molecular complexity index is 417. The van der Waals surface area contributed by atoms with Crippen LogP contribution in [-0.4, -0.2) is 30.0 Å². The molecular formula is C13H16O3S. The van der Waals surface area contributed by atoms with Crippen LogP contribution in [0, 0.1) is 0 Å². The second-order valence-corrected chi connectivity index (χ2v) is 5.46. The topological polar surface area (TPSA) is 46.5 Å². The Labute approximate surface area is 105 Å². The number of carboxylic acid groups (broad SMARTS) is 1. The van der Waals surface area contributed by atoms with Crippen molar-refractivity contribution in [2.45, 2.75) is 29.4 Å². The Kier molecular flexibility index (Phi) is 4.07. The van der Waals surface area contributed by atoms with Crippen molar-refractivity contribution in [1.29, 1.82) is 0 Å². The van der Waals surface area contributed by atoms with E-state index in [0.717, 1.165) is 17.7 Å².